The van der Waals surface area contributed by atoms with Crippen molar-refractivity contribution in [3.8, 4) is 0 Å². The fraction of sp³-hybridized carbons (Fsp3) is 0.647. The van der Waals surface area contributed by atoms with Gasteiger partial charge in [0, 0.05) is 12.1 Å². The van der Waals surface area contributed by atoms with Gasteiger partial charge in [-0.05, 0) is 50.4 Å². The molecule has 1 amide bonds. The predicted molar refractivity (Wildman–Crippen MR) is 80.7 cm³/mol. The number of rotatable bonds is 6. The summed E-state index contributed by atoms with van der Waals surface area (Å²) in [6.45, 7) is 2.42. The maximum absolute atomic E-state index is 12.3. The molecule has 0 aliphatic heterocycles. The highest BCUT2D eigenvalue weighted by Crippen LogP contribution is 2.49. The van der Waals surface area contributed by atoms with Gasteiger partial charge in [-0.3, -0.25) is 9.59 Å². The van der Waals surface area contributed by atoms with Crippen LogP contribution in [0.1, 0.15) is 53.8 Å². The van der Waals surface area contributed by atoms with Gasteiger partial charge >= 0.3 is 5.97 Å². The number of furan rings is 1. The summed E-state index contributed by atoms with van der Waals surface area (Å²) >= 11 is 0. The van der Waals surface area contributed by atoms with Gasteiger partial charge in [0.2, 0.25) is 0 Å². The van der Waals surface area contributed by atoms with Crippen molar-refractivity contribution in [3.05, 3.63) is 23.2 Å². The standard InChI is InChI=1S/C17H23NO4/c1-10-9-22-14(8-15(19)20)16(10)17(21)18-5-4-13-7-11-2-3-12(13)6-11/h9,11-13H,2-8H2,1H3,(H,18,21)(H,19,20). The molecular formula is C17H23NO4. The lowest BCUT2D eigenvalue weighted by Gasteiger charge is -2.21. The van der Waals surface area contributed by atoms with Crippen molar-refractivity contribution in [3.63, 3.8) is 0 Å². The van der Waals surface area contributed by atoms with Crippen molar-refractivity contribution < 1.29 is 19.1 Å². The zero-order valence-electron chi connectivity index (χ0n) is 12.9. The summed E-state index contributed by atoms with van der Waals surface area (Å²) in [5, 5.41) is 11.8. The smallest absolute Gasteiger partial charge is 0.311 e. The molecule has 5 nitrogen and oxygen atoms in total. The van der Waals surface area contributed by atoms with Crippen molar-refractivity contribution >= 4 is 11.9 Å². The van der Waals surface area contributed by atoms with Crippen LogP contribution in [0.15, 0.2) is 10.7 Å². The van der Waals surface area contributed by atoms with E-state index in [1.807, 2.05) is 0 Å². The third-order valence-electron chi connectivity index (χ3n) is 5.28. The molecule has 2 saturated carbocycles. The minimum Gasteiger partial charge on any atom is -0.481 e. The molecule has 1 aromatic rings. The van der Waals surface area contributed by atoms with Crippen molar-refractivity contribution in [1.29, 1.82) is 0 Å². The molecule has 2 fully saturated rings. The molecule has 1 heterocycles. The minimum absolute atomic E-state index is 0.217. The van der Waals surface area contributed by atoms with Gasteiger partial charge in [0.05, 0.1) is 11.8 Å². The monoisotopic (exact) mass is 305 g/mol. The highest BCUT2D eigenvalue weighted by Gasteiger charge is 2.38. The Balaban J connectivity index is 1.53. The van der Waals surface area contributed by atoms with Gasteiger partial charge in [0.15, 0.2) is 0 Å². The van der Waals surface area contributed by atoms with Crippen LogP contribution in [-0.4, -0.2) is 23.5 Å². The zero-order chi connectivity index (χ0) is 15.7. The third-order valence-corrected chi connectivity index (χ3v) is 5.28. The molecule has 2 aliphatic rings. The Hall–Kier alpha value is -1.78. The molecule has 1 aromatic heterocycles. The number of carboxylic acid groups (broad SMARTS) is 1. The number of carboxylic acids is 1. The molecule has 0 aromatic carbocycles. The number of aliphatic carboxylic acids is 1. The highest BCUT2D eigenvalue weighted by atomic mass is 16.4. The lowest BCUT2D eigenvalue weighted by atomic mass is 9.86. The normalized spacial score (nSPS) is 26.3. The Labute approximate surface area is 130 Å². The van der Waals surface area contributed by atoms with Gasteiger partial charge in [-0.15, -0.1) is 0 Å². The Kier molecular flexibility index (Phi) is 4.23. The second-order valence-electron chi connectivity index (χ2n) is 6.77. The summed E-state index contributed by atoms with van der Waals surface area (Å²) < 4.78 is 5.21. The third kappa shape index (κ3) is 3.03. The molecule has 120 valence electrons. The van der Waals surface area contributed by atoms with E-state index in [0.29, 0.717) is 17.7 Å². The Morgan fingerprint density at radius 2 is 2.18 bits per heavy atom. The zero-order valence-corrected chi connectivity index (χ0v) is 12.9. The molecule has 2 bridgehead atoms. The van der Waals surface area contributed by atoms with Crippen molar-refractivity contribution in [1.82, 2.24) is 5.32 Å². The average Bonchev–Trinajstić information content (AvgIpc) is 3.14. The number of amides is 1. The molecule has 0 spiro atoms. The van der Waals surface area contributed by atoms with Crippen LogP contribution >= 0.6 is 0 Å². The lowest BCUT2D eigenvalue weighted by Crippen LogP contribution is -2.28. The van der Waals surface area contributed by atoms with E-state index in [4.69, 9.17) is 9.52 Å². The summed E-state index contributed by atoms with van der Waals surface area (Å²) in [7, 11) is 0. The van der Waals surface area contributed by atoms with E-state index in [-0.39, 0.29) is 18.1 Å². The Morgan fingerprint density at radius 1 is 1.36 bits per heavy atom. The first-order chi connectivity index (χ1) is 10.5. The number of nitrogens with one attached hydrogen (secondary N) is 1. The molecule has 3 atom stereocenters. The number of hydrogen-bond donors (Lipinski definition) is 2. The number of aryl methyl sites for hydroxylation is 1. The van der Waals surface area contributed by atoms with Crippen LogP contribution in [0.3, 0.4) is 0 Å². The molecule has 3 unspecified atom stereocenters. The number of carbonyl (C=O) groups is 2. The summed E-state index contributed by atoms with van der Waals surface area (Å²) in [4.78, 5) is 23.1. The second kappa shape index (κ2) is 6.15. The summed E-state index contributed by atoms with van der Waals surface area (Å²) in [5.74, 6) is 1.56. The van der Waals surface area contributed by atoms with E-state index < -0.39 is 5.97 Å². The highest BCUT2D eigenvalue weighted by molar-refractivity contribution is 5.97. The van der Waals surface area contributed by atoms with Gasteiger partial charge in [-0.1, -0.05) is 6.42 Å². The van der Waals surface area contributed by atoms with E-state index >= 15 is 0 Å². The van der Waals surface area contributed by atoms with Gasteiger partial charge in [-0.2, -0.15) is 0 Å². The van der Waals surface area contributed by atoms with Crippen molar-refractivity contribution in [2.24, 2.45) is 17.8 Å². The fourth-order valence-electron chi connectivity index (χ4n) is 4.26. The first-order valence-corrected chi connectivity index (χ1v) is 8.11. The first-order valence-electron chi connectivity index (χ1n) is 8.11. The molecule has 2 N–H and O–H groups in total. The molecule has 0 radical (unpaired) electrons. The lowest BCUT2D eigenvalue weighted by molar-refractivity contribution is -0.136. The van der Waals surface area contributed by atoms with E-state index in [1.165, 1.54) is 31.9 Å². The average molecular weight is 305 g/mol. The molecule has 2 aliphatic carbocycles. The first kappa shape index (κ1) is 15.1. The fourth-order valence-corrected chi connectivity index (χ4v) is 4.26. The summed E-state index contributed by atoms with van der Waals surface area (Å²) in [5.41, 5.74) is 1.07. The van der Waals surface area contributed by atoms with Gasteiger partial charge in [0.1, 0.15) is 12.2 Å². The van der Waals surface area contributed by atoms with Gasteiger partial charge in [0.25, 0.3) is 5.91 Å². The maximum Gasteiger partial charge on any atom is 0.311 e. The van der Waals surface area contributed by atoms with Gasteiger partial charge < -0.3 is 14.8 Å². The summed E-state index contributed by atoms with van der Waals surface area (Å²) in [6.07, 6.45) is 7.65. The Morgan fingerprint density at radius 3 is 2.82 bits per heavy atom. The molecular weight excluding hydrogens is 282 g/mol. The number of carbonyl (C=O) groups excluding carboxylic acids is 1. The van der Waals surface area contributed by atoms with Crippen LogP contribution in [0.2, 0.25) is 0 Å². The SMILES string of the molecule is Cc1coc(CC(=O)O)c1C(=O)NCCC1CC2CCC1C2. The molecule has 22 heavy (non-hydrogen) atoms. The van der Waals surface area contributed by atoms with Crippen LogP contribution in [0.5, 0.6) is 0 Å². The van der Waals surface area contributed by atoms with Crippen LogP contribution in [0.4, 0.5) is 0 Å². The number of hydrogen-bond acceptors (Lipinski definition) is 3. The minimum atomic E-state index is -0.995. The van der Waals surface area contributed by atoms with Crippen LogP contribution in [0, 0.1) is 24.7 Å². The molecule has 5 heteroatoms. The number of fused-ring (bicyclic) bond motifs is 2. The second-order valence-corrected chi connectivity index (χ2v) is 6.77. The summed E-state index contributed by atoms with van der Waals surface area (Å²) in [6, 6.07) is 0. The Bertz CT molecular complexity index is 577. The molecule has 0 saturated heterocycles. The largest absolute Gasteiger partial charge is 0.481 e. The van der Waals surface area contributed by atoms with E-state index in [9.17, 15) is 9.59 Å². The van der Waals surface area contributed by atoms with Crippen LogP contribution in [0.25, 0.3) is 0 Å². The van der Waals surface area contributed by atoms with Crippen molar-refractivity contribution in [2.45, 2.75) is 45.4 Å². The van der Waals surface area contributed by atoms with Crippen LogP contribution in [-0.2, 0) is 11.2 Å². The van der Waals surface area contributed by atoms with Crippen molar-refractivity contribution in [2.75, 3.05) is 6.54 Å². The van der Waals surface area contributed by atoms with E-state index in [1.54, 1.807) is 6.92 Å². The van der Waals surface area contributed by atoms with E-state index in [0.717, 1.165) is 24.2 Å². The predicted octanol–water partition coefficient (Wildman–Crippen LogP) is 2.77. The van der Waals surface area contributed by atoms with Gasteiger partial charge in [-0.25, -0.2) is 0 Å². The molecule has 3 rings (SSSR count). The topological polar surface area (TPSA) is 79.5 Å². The maximum atomic E-state index is 12.3. The quantitative estimate of drug-likeness (QED) is 0.847. The van der Waals surface area contributed by atoms with Crippen LogP contribution < -0.4 is 5.32 Å². The van der Waals surface area contributed by atoms with E-state index in [2.05, 4.69) is 5.32 Å².